The Kier molecular flexibility index (Phi) is 2.64. The summed E-state index contributed by atoms with van der Waals surface area (Å²) in [4.78, 5) is 8.19. The van der Waals surface area contributed by atoms with Gasteiger partial charge in [-0.3, -0.25) is 0 Å². The molecule has 0 amide bonds. The molecule has 0 bridgehead atoms. The Morgan fingerprint density at radius 3 is 2.00 bits per heavy atom. The van der Waals surface area contributed by atoms with Crippen LogP contribution in [0.1, 0.15) is 45.0 Å². The van der Waals surface area contributed by atoms with E-state index in [-0.39, 0.29) is 5.92 Å². The second kappa shape index (κ2) is 3.40. The number of nitrogens with zero attached hydrogens (tertiary/aromatic N) is 2. The monoisotopic (exact) mass is 182 g/mol. The summed E-state index contributed by atoms with van der Waals surface area (Å²) in [6.07, 6.45) is 3.12. The molecule has 0 N–H and O–H groups in total. The average molecular weight is 182 g/mol. The first-order valence-electron chi connectivity index (χ1n) is 4.42. The highest BCUT2D eigenvalue weighted by Crippen LogP contribution is 2.23. The molecule has 0 saturated heterocycles. The van der Waals surface area contributed by atoms with Gasteiger partial charge in [0.2, 0.25) is 0 Å². The van der Waals surface area contributed by atoms with Gasteiger partial charge in [-0.05, 0) is 13.8 Å². The van der Waals surface area contributed by atoms with Crippen LogP contribution < -0.4 is 0 Å². The quantitative estimate of drug-likeness (QED) is 0.702. The molecule has 0 aliphatic heterocycles. The summed E-state index contributed by atoms with van der Waals surface area (Å²) in [6.45, 7) is 7.02. The van der Waals surface area contributed by atoms with Crippen molar-refractivity contribution in [1.82, 2.24) is 9.97 Å². The van der Waals surface area contributed by atoms with Gasteiger partial charge < -0.3 is 0 Å². The molecule has 3 heteroatoms. The van der Waals surface area contributed by atoms with Crippen molar-refractivity contribution < 1.29 is 4.39 Å². The zero-order chi connectivity index (χ0) is 10.1. The molecule has 0 radical (unpaired) electrons. The van der Waals surface area contributed by atoms with Gasteiger partial charge in [0.25, 0.3) is 0 Å². The fourth-order valence-electron chi connectivity index (χ4n) is 0.943. The average Bonchev–Trinajstić information content (AvgIpc) is 2.03. The zero-order valence-electron chi connectivity index (χ0n) is 8.50. The van der Waals surface area contributed by atoms with Crippen molar-refractivity contribution >= 4 is 0 Å². The molecule has 1 rings (SSSR count). The zero-order valence-corrected chi connectivity index (χ0v) is 8.50. The lowest BCUT2D eigenvalue weighted by atomic mass is 10.0. The Morgan fingerprint density at radius 2 is 1.69 bits per heavy atom. The smallest absolute Gasteiger partial charge is 0.133 e. The molecule has 1 aromatic rings. The van der Waals surface area contributed by atoms with Crippen molar-refractivity contribution in [2.75, 3.05) is 0 Å². The molecule has 0 aromatic carbocycles. The van der Waals surface area contributed by atoms with Crippen molar-refractivity contribution in [2.24, 2.45) is 0 Å². The van der Waals surface area contributed by atoms with E-state index in [9.17, 15) is 4.39 Å². The third-order valence-corrected chi connectivity index (χ3v) is 1.87. The van der Waals surface area contributed by atoms with Crippen LogP contribution in [0.25, 0.3) is 0 Å². The van der Waals surface area contributed by atoms with Crippen LogP contribution in [0.4, 0.5) is 4.39 Å². The lowest BCUT2D eigenvalue weighted by molar-refractivity contribution is 0.220. The maximum absolute atomic E-state index is 13.4. The van der Waals surface area contributed by atoms with Gasteiger partial charge in [-0.2, -0.15) is 0 Å². The molecule has 0 unspecified atom stereocenters. The molecule has 0 spiro atoms. The predicted molar refractivity (Wildman–Crippen MR) is 50.3 cm³/mol. The van der Waals surface area contributed by atoms with Crippen LogP contribution in [0.5, 0.6) is 0 Å². The maximum atomic E-state index is 13.4. The number of alkyl halides is 1. The summed E-state index contributed by atoms with van der Waals surface area (Å²) in [5.74, 6) is 1.05. The molecule has 72 valence electrons. The van der Waals surface area contributed by atoms with Gasteiger partial charge in [0.1, 0.15) is 11.5 Å². The fourth-order valence-corrected chi connectivity index (χ4v) is 0.943. The van der Waals surface area contributed by atoms with Gasteiger partial charge in [0.15, 0.2) is 0 Å². The van der Waals surface area contributed by atoms with Gasteiger partial charge in [0.05, 0.1) is 0 Å². The highest BCUT2D eigenvalue weighted by molar-refractivity contribution is 5.13. The highest BCUT2D eigenvalue weighted by Gasteiger charge is 2.19. The molecule has 13 heavy (non-hydrogen) atoms. The van der Waals surface area contributed by atoms with E-state index in [1.54, 1.807) is 12.4 Å². The van der Waals surface area contributed by atoms with Gasteiger partial charge in [-0.25, -0.2) is 14.4 Å². The normalized spacial score (nSPS) is 12.2. The van der Waals surface area contributed by atoms with Crippen molar-refractivity contribution in [2.45, 2.75) is 39.3 Å². The van der Waals surface area contributed by atoms with Gasteiger partial charge in [0, 0.05) is 23.9 Å². The third-order valence-electron chi connectivity index (χ3n) is 1.87. The highest BCUT2D eigenvalue weighted by atomic mass is 19.1. The molecule has 0 aliphatic carbocycles. The van der Waals surface area contributed by atoms with E-state index in [1.807, 2.05) is 13.8 Å². The minimum absolute atomic E-state index is 0.289. The molecule has 0 fully saturated rings. The third kappa shape index (κ3) is 2.47. The first-order valence-corrected chi connectivity index (χ1v) is 4.42. The Balaban J connectivity index is 2.94. The summed E-state index contributed by atoms with van der Waals surface area (Å²) < 4.78 is 13.4. The number of rotatable bonds is 2. The summed E-state index contributed by atoms with van der Waals surface area (Å²) in [5, 5.41) is 0. The lowest BCUT2D eigenvalue weighted by Gasteiger charge is -2.13. The molecule has 0 saturated carbocycles. The molecular formula is C10H15FN2. The van der Waals surface area contributed by atoms with E-state index in [4.69, 9.17) is 0 Å². The number of aromatic nitrogens is 2. The summed E-state index contributed by atoms with van der Waals surface area (Å²) in [6, 6.07) is 0. The Bertz CT molecular complexity index is 272. The summed E-state index contributed by atoms with van der Waals surface area (Å²) >= 11 is 0. The van der Waals surface area contributed by atoms with Crippen molar-refractivity contribution in [3.8, 4) is 0 Å². The second-order valence-corrected chi connectivity index (χ2v) is 3.96. The van der Waals surface area contributed by atoms with E-state index >= 15 is 0 Å². The van der Waals surface area contributed by atoms with E-state index in [0.717, 1.165) is 5.82 Å². The molecular weight excluding hydrogens is 167 g/mol. The molecule has 1 heterocycles. The largest absolute Gasteiger partial charge is 0.241 e. The summed E-state index contributed by atoms with van der Waals surface area (Å²) in [5.41, 5.74) is -0.827. The van der Waals surface area contributed by atoms with Crippen LogP contribution in [0, 0.1) is 0 Å². The Morgan fingerprint density at radius 1 is 1.23 bits per heavy atom. The van der Waals surface area contributed by atoms with Crippen LogP contribution in [0.2, 0.25) is 0 Å². The number of hydrogen-bond acceptors (Lipinski definition) is 2. The number of hydrogen-bond donors (Lipinski definition) is 0. The van der Waals surface area contributed by atoms with Crippen LogP contribution in [0.15, 0.2) is 12.4 Å². The Hall–Kier alpha value is -0.990. The van der Waals surface area contributed by atoms with Gasteiger partial charge in [-0.1, -0.05) is 13.8 Å². The SMILES string of the molecule is CC(C)c1ncc(C(C)(C)F)cn1. The molecule has 1 aromatic heterocycles. The van der Waals surface area contributed by atoms with Crippen LogP contribution in [-0.4, -0.2) is 9.97 Å². The van der Waals surface area contributed by atoms with E-state index in [1.165, 1.54) is 13.8 Å². The van der Waals surface area contributed by atoms with Gasteiger partial charge >= 0.3 is 0 Å². The van der Waals surface area contributed by atoms with Crippen LogP contribution in [0.3, 0.4) is 0 Å². The minimum Gasteiger partial charge on any atom is -0.241 e. The van der Waals surface area contributed by atoms with E-state index in [0.29, 0.717) is 5.56 Å². The molecule has 2 nitrogen and oxygen atoms in total. The van der Waals surface area contributed by atoms with Crippen LogP contribution in [-0.2, 0) is 5.67 Å². The predicted octanol–water partition coefficient (Wildman–Crippen LogP) is 2.80. The van der Waals surface area contributed by atoms with Gasteiger partial charge in [-0.15, -0.1) is 0 Å². The van der Waals surface area contributed by atoms with E-state index in [2.05, 4.69) is 9.97 Å². The van der Waals surface area contributed by atoms with Crippen molar-refractivity contribution in [3.63, 3.8) is 0 Å². The molecule has 0 aliphatic rings. The second-order valence-electron chi connectivity index (χ2n) is 3.96. The van der Waals surface area contributed by atoms with Crippen molar-refractivity contribution in [1.29, 1.82) is 0 Å². The first-order chi connectivity index (χ1) is 5.91. The molecule has 0 atom stereocenters. The maximum Gasteiger partial charge on any atom is 0.133 e. The lowest BCUT2D eigenvalue weighted by Crippen LogP contribution is -2.11. The number of halogens is 1. The fraction of sp³-hybridized carbons (Fsp3) is 0.600. The summed E-state index contributed by atoms with van der Waals surface area (Å²) in [7, 11) is 0. The standard InChI is InChI=1S/C10H15FN2/c1-7(2)9-12-5-8(6-13-9)10(3,4)11/h5-7H,1-4H3. The van der Waals surface area contributed by atoms with Crippen LogP contribution >= 0.6 is 0 Å². The topological polar surface area (TPSA) is 25.8 Å². The first kappa shape index (κ1) is 10.1. The Labute approximate surface area is 78.2 Å². The minimum atomic E-state index is -1.35. The van der Waals surface area contributed by atoms with Crippen molar-refractivity contribution in [3.05, 3.63) is 23.8 Å². The van der Waals surface area contributed by atoms with E-state index < -0.39 is 5.67 Å².